The summed E-state index contributed by atoms with van der Waals surface area (Å²) in [5, 5.41) is 10.5. The zero-order valence-electron chi connectivity index (χ0n) is 16.1. The van der Waals surface area contributed by atoms with Gasteiger partial charge in [-0.25, -0.2) is 0 Å². The molecule has 8 nitrogen and oxygen atoms in total. The van der Waals surface area contributed by atoms with Gasteiger partial charge >= 0.3 is 0 Å². The van der Waals surface area contributed by atoms with E-state index in [4.69, 9.17) is 8.94 Å². The van der Waals surface area contributed by atoms with Crippen LogP contribution in [-0.2, 0) is 6.42 Å². The molecule has 2 aromatic heterocycles. The summed E-state index contributed by atoms with van der Waals surface area (Å²) in [7, 11) is 2.04. The van der Waals surface area contributed by atoms with Gasteiger partial charge in [0.2, 0.25) is 5.89 Å². The number of carbonyl (C=O) groups is 1. The summed E-state index contributed by atoms with van der Waals surface area (Å²) >= 11 is 0. The molecule has 0 spiro atoms. The fourth-order valence-corrected chi connectivity index (χ4v) is 3.31. The first-order valence-electron chi connectivity index (χ1n) is 9.33. The van der Waals surface area contributed by atoms with Crippen LogP contribution in [0.5, 0.6) is 0 Å². The molecule has 9 heteroatoms. The normalized spacial score (nSPS) is 18.0. The van der Waals surface area contributed by atoms with Gasteiger partial charge < -0.3 is 19.6 Å². The fraction of sp³-hybridized carbons (Fsp3) is 0.350. The number of rotatable bonds is 6. The predicted octanol–water partition coefficient (Wildman–Crippen LogP) is 2.37. The summed E-state index contributed by atoms with van der Waals surface area (Å²) in [6.45, 7) is 2.61. The third-order valence-corrected chi connectivity index (χ3v) is 4.90. The van der Waals surface area contributed by atoms with Gasteiger partial charge in [-0.05, 0) is 24.7 Å². The Bertz CT molecular complexity index is 900. The van der Waals surface area contributed by atoms with Crippen molar-refractivity contribution in [3.8, 4) is 0 Å². The maximum absolute atomic E-state index is 12.5. The molecule has 0 radical (unpaired) electrons. The lowest BCUT2D eigenvalue weighted by Gasteiger charge is -2.30. The highest BCUT2D eigenvalue weighted by molar-refractivity contribution is 5.91. The van der Waals surface area contributed by atoms with Crippen molar-refractivity contribution in [2.75, 3.05) is 26.7 Å². The molecule has 2 unspecified atom stereocenters. The van der Waals surface area contributed by atoms with E-state index in [0.717, 1.165) is 25.2 Å². The van der Waals surface area contributed by atoms with Crippen LogP contribution in [0.15, 0.2) is 57.7 Å². The van der Waals surface area contributed by atoms with Crippen LogP contribution in [0.1, 0.15) is 39.9 Å². The number of hydrogen-bond donors (Lipinski definition) is 2. The largest absolute Gasteiger partial charge is 0.459 e. The topological polar surface area (TPSA) is 96.4 Å². The second-order valence-electron chi connectivity index (χ2n) is 6.88. The summed E-state index contributed by atoms with van der Waals surface area (Å²) in [5.74, 6) is 0.934. The SMILES string of the molecule is CN1CCNCC1c1noc(C(Cc2ccccc2)NC(=O)c2ccco2)n1.Cl. The Balaban J connectivity index is 0.00000240. The Morgan fingerprint density at radius 1 is 1.31 bits per heavy atom. The lowest BCUT2D eigenvalue weighted by molar-refractivity contribution is 0.0900. The molecule has 1 amide bonds. The average Bonchev–Trinajstić information content (AvgIpc) is 3.41. The van der Waals surface area contributed by atoms with Gasteiger partial charge in [-0.1, -0.05) is 35.5 Å². The molecule has 1 aliphatic rings. The van der Waals surface area contributed by atoms with E-state index < -0.39 is 6.04 Å². The van der Waals surface area contributed by atoms with Crippen LogP contribution < -0.4 is 10.6 Å². The van der Waals surface area contributed by atoms with Gasteiger partial charge in [0, 0.05) is 26.1 Å². The van der Waals surface area contributed by atoms with E-state index in [1.165, 1.54) is 6.26 Å². The van der Waals surface area contributed by atoms with Crippen LogP contribution in [0, 0.1) is 0 Å². The van der Waals surface area contributed by atoms with Crippen molar-refractivity contribution in [1.29, 1.82) is 0 Å². The average molecular weight is 418 g/mol. The van der Waals surface area contributed by atoms with Crippen molar-refractivity contribution in [2.24, 2.45) is 0 Å². The van der Waals surface area contributed by atoms with Crippen LogP contribution >= 0.6 is 12.4 Å². The molecule has 0 saturated carbocycles. The fourth-order valence-electron chi connectivity index (χ4n) is 3.31. The minimum absolute atomic E-state index is 0. The zero-order chi connectivity index (χ0) is 19.3. The maximum atomic E-state index is 12.5. The number of likely N-dealkylation sites (N-methyl/N-ethyl adjacent to an activating group) is 1. The van der Waals surface area contributed by atoms with Gasteiger partial charge in [-0.15, -0.1) is 12.4 Å². The first-order chi connectivity index (χ1) is 13.7. The minimum atomic E-state index is -0.455. The van der Waals surface area contributed by atoms with Crippen molar-refractivity contribution in [3.05, 3.63) is 71.8 Å². The summed E-state index contributed by atoms with van der Waals surface area (Å²) in [6, 6.07) is 12.8. The van der Waals surface area contributed by atoms with Gasteiger partial charge in [0.25, 0.3) is 5.91 Å². The van der Waals surface area contributed by atoms with Crippen LogP contribution in [0.3, 0.4) is 0 Å². The lowest BCUT2D eigenvalue weighted by Crippen LogP contribution is -2.44. The van der Waals surface area contributed by atoms with Crippen LogP contribution in [0.2, 0.25) is 0 Å². The molecule has 1 fully saturated rings. The Morgan fingerprint density at radius 2 is 2.14 bits per heavy atom. The van der Waals surface area contributed by atoms with E-state index in [1.807, 2.05) is 37.4 Å². The molecule has 4 rings (SSSR count). The molecule has 1 aromatic carbocycles. The third kappa shape index (κ3) is 5.03. The standard InChI is InChI=1S/C20H23N5O3.ClH/c1-25-10-9-21-13-16(25)18-23-20(28-24-18)15(12-14-6-3-2-4-7-14)22-19(26)17-8-5-11-27-17;/h2-8,11,15-16,21H,9-10,12-13H2,1H3,(H,22,26);1H. The summed E-state index contributed by atoms with van der Waals surface area (Å²) in [5.41, 5.74) is 1.06. The van der Waals surface area contributed by atoms with Crippen molar-refractivity contribution in [3.63, 3.8) is 0 Å². The molecule has 29 heavy (non-hydrogen) atoms. The molecule has 1 aliphatic heterocycles. The van der Waals surface area contributed by atoms with Crippen molar-refractivity contribution in [2.45, 2.75) is 18.5 Å². The van der Waals surface area contributed by atoms with Crippen LogP contribution in [0.25, 0.3) is 0 Å². The Kier molecular flexibility index (Phi) is 7.03. The first-order valence-corrected chi connectivity index (χ1v) is 9.33. The Labute approximate surface area is 175 Å². The quantitative estimate of drug-likeness (QED) is 0.635. The number of benzene rings is 1. The summed E-state index contributed by atoms with van der Waals surface area (Å²) in [4.78, 5) is 19.3. The zero-order valence-corrected chi connectivity index (χ0v) is 16.9. The number of amides is 1. The highest BCUT2D eigenvalue weighted by Crippen LogP contribution is 2.22. The van der Waals surface area contributed by atoms with Gasteiger partial charge in [0.05, 0.1) is 12.3 Å². The number of nitrogens with zero attached hydrogens (tertiary/aromatic N) is 3. The summed E-state index contributed by atoms with van der Waals surface area (Å²) in [6.07, 6.45) is 2.01. The van der Waals surface area contributed by atoms with Gasteiger partial charge in [-0.2, -0.15) is 4.98 Å². The number of halogens is 1. The van der Waals surface area contributed by atoms with Crippen LogP contribution in [-0.4, -0.2) is 47.6 Å². The van der Waals surface area contributed by atoms with E-state index in [-0.39, 0.29) is 30.1 Å². The molecular formula is C20H24ClN5O3. The molecule has 3 aromatic rings. The smallest absolute Gasteiger partial charge is 0.287 e. The molecular weight excluding hydrogens is 394 g/mol. The summed E-state index contributed by atoms with van der Waals surface area (Å²) < 4.78 is 10.8. The maximum Gasteiger partial charge on any atom is 0.287 e. The Hall–Kier alpha value is -2.68. The lowest BCUT2D eigenvalue weighted by atomic mass is 10.1. The molecule has 154 valence electrons. The number of furan rings is 1. The van der Waals surface area contributed by atoms with Gasteiger partial charge in [-0.3, -0.25) is 9.69 Å². The third-order valence-electron chi connectivity index (χ3n) is 4.90. The van der Waals surface area contributed by atoms with Gasteiger partial charge in [0.15, 0.2) is 11.6 Å². The van der Waals surface area contributed by atoms with Crippen molar-refractivity contribution in [1.82, 2.24) is 25.7 Å². The second kappa shape index (κ2) is 9.69. The predicted molar refractivity (Wildman–Crippen MR) is 109 cm³/mol. The highest BCUT2D eigenvalue weighted by Gasteiger charge is 2.28. The molecule has 2 N–H and O–H groups in total. The van der Waals surface area contributed by atoms with Crippen molar-refractivity contribution < 1.29 is 13.7 Å². The van der Waals surface area contributed by atoms with E-state index in [2.05, 4.69) is 25.7 Å². The number of hydrogen-bond acceptors (Lipinski definition) is 7. The van der Waals surface area contributed by atoms with Crippen LogP contribution in [0.4, 0.5) is 0 Å². The van der Waals surface area contributed by atoms with E-state index >= 15 is 0 Å². The second-order valence-corrected chi connectivity index (χ2v) is 6.88. The van der Waals surface area contributed by atoms with E-state index in [0.29, 0.717) is 18.1 Å². The van der Waals surface area contributed by atoms with E-state index in [9.17, 15) is 4.79 Å². The number of piperazine rings is 1. The Morgan fingerprint density at radius 3 is 2.86 bits per heavy atom. The molecule has 0 bridgehead atoms. The number of carbonyl (C=O) groups excluding carboxylic acids is 1. The molecule has 2 atom stereocenters. The highest BCUT2D eigenvalue weighted by atomic mass is 35.5. The minimum Gasteiger partial charge on any atom is -0.459 e. The first kappa shape index (κ1) is 21.0. The number of nitrogens with one attached hydrogen (secondary N) is 2. The van der Waals surface area contributed by atoms with E-state index in [1.54, 1.807) is 12.1 Å². The van der Waals surface area contributed by atoms with Gasteiger partial charge in [0.1, 0.15) is 6.04 Å². The number of aromatic nitrogens is 2. The molecule has 1 saturated heterocycles. The van der Waals surface area contributed by atoms with Crippen molar-refractivity contribution >= 4 is 18.3 Å². The molecule has 0 aliphatic carbocycles. The monoisotopic (exact) mass is 417 g/mol. The molecule has 3 heterocycles.